The van der Waals surface area contributed by atoms with E-state index in [1.807, 2.05) is 12.1 Å². The lowest BCUT2D eigenvalue weighted by Crippen LogP contribution is -2.41. The second-order valence-electron chi connectivity index (χ2n) is 9.10. The number of methoxy groups -OCH3 is 1. The van der Waals surface area contributed by atoms with Crippen molar-refractivity contribution in [3.63, 3.8) is 0 Å². The number of nitrogens with two attached hydrogens (primary N) is 1. The summed E-state index contributed by atoms with van der Waals surface area (Å²) in [4.78, 5) is 40.4. The summed E-state index contributed by atoms with van der Waals surface area (Å²) in [5, 5.41) is 0. The number of amides is 1. The average molecular weight is 496 g/mol. The molecule has 1 saturated heterocycles. The van der Waals surface area contributed by atoms with Gasteiger partial charge >= 0.3 is 5.97 Å². The molecule has 1 unspecified atom stereocenters. The fourth-order valence-corrected chi connectivity index (χ4v) is 4.57. The van der Waals surface area contributed by atoms with Gasteiger partial charge in [-0.2, -0.15) is 0 Å². The third kappa shape index (κ3) is 6.41. The Kier molecular flexibility index (Phi) is 8.56. The summed E-state index contributed by atoms with van der Waals surface area (Å²) in [6, 6.07) is 7.55. The summed E-state index contributed by atoms with van der Waals surface area (Å²) in [5.41, 5.74) is 9.34. The van der Waals surface area contributed by atoms with E-state index in [1.165, 1.54) is 18.7 Å². The highest BCUT2D eigenvalue weighted by atomic mass is 16.5. The Balaban J connectivity index is 1.37. The first kappa shape index (κ1) is 25.7. The molecule has 1 aliphatic carbocycles. The smallest absolute Gasteiger partial charge is 0.305 e. The second-order valence-corrected chi connectivity index (χ2v) is 9.10. The molecule has 2 N–H and O–H groups in total. The summed E-state index contributed by atoms with van der Waals surface area (Å²) in [6.45, 7) is 5.12. The zero-order valence-corrected chi connectivity index (χ0v) is 20.6. The minimum atomic E-state index is -0.690. The van der Waals surface area contributed by atoms with Crippen LogP contribution in [-0.2, 0) is 41.6 Å². The van der Waals surface area contributed by atoms with Crippen LogP contribution < -0.4 is 5.73 Å². The number of morpholine rings is 1. The van der Waals surface area contributed by atoms with Gasteiger partial charge in [-0.3, -0.25) is 19.3 Å². The molecule has 3 aliphatic rings. The normalized spacial score (nSPS) is 18.6. The van der Waals surface area contributed by atoms with Crippen molar-refractivity contribution < 1.29 is 28.6 Å². The van der Waals surface area contributed by atoms with Crippen LogP contribution in [0.1, 0.15) is 24.0 Å². The molecule has 192 valence electrons. The van der Waals surface area contributed by atoms with E-state index in [4.69, 9.17) is 15.2 Å². The highest BCUT2D eigenvalue weighted by molar-refractivity contribution is 6.05. The van der Waals surface area contributed by atoms with Crippen molar-refractivity contribution in [2.75, 3.05) is 46.5 Å². The van der Waals surface area contributed by atoms with Crippen LogP contribution in [0, 0.1) is 0 Å². The molecule has 1 amide bonds. The molecule has 2 heterocycles. The van der Waals surface area contributed by atoms with Crippen LogP contribution in [0.4, 0.5) is 0 Å². The van der Waals surface area contributed by atoms with Gasteiger partial charge < -0.3 is 24.8 Å². The Labute approximate surface area is 211 Å². The number of primary amides is 1. The summed E-state index contributed by atoms with van der Waals surface area (Å²) in [6.07, 6.45) is 6.25. The number of ketones is 1. The third-order valence-electron chi connectivity index (χ3n) is 6.71. The lowest BCUT2D eigenvalue weighted by atomic mass is 10.00. The first-order valence-electron chi connectivity index (χ1n) is 12.2. The Hall–Kier alpha value is -3.43. The predicted molar refractivity (Wildman–Crippen MR) is 132 cm³/mol. The molecule has 1 aromatic rings. The molecule has 2 aliphatic heterocycles. The van der Waals surface area contributed by atoms with Crippen LogP contribution in [0.5, 0.6) is 0 Å². The number of allylic oxidation sites excluding steroid dienone is 2. The monoisotopic (exact) mass is 495 g/mol. The van der Waals surface area contributed by atoms with Crippen LogP contribution in [0.3, 0.4) is 0 Å². The molecular weight excluding hydrogens is 462 g/mol. The molecular formula is C27H33N3O6. The van der Waals surface area contributed by atoms with E-state index in [9.17, 15) is 14.4 Å². The molecule has 0 bridgehead atoms. The molecule has 0 radical (unpaired) electrons. The van der Waals surface area contributed by atoms with E-state index in [0.717, 1.165) is 50.4 Å². The highest BCUT2D eigenvalue weighted by Crippen LogP contribution is 2.32. The van der Waals surface area contributed by atoms with E-state index < -0.39 is 17.9 Å². The van der Waals surface area contributed by atoms with Gasteiger partial charge in [-0.25, -0.2) is 0 Å². The van der Waals surface area contributed by atoms with Crippen molar-refractivity contribution in [3.8, 4) is 0 Å². The van der Waals surface area contributed by atoms with Gasteiger partial charge in [0.15, 0.2) is 5.76 Å². The van der Waals surface area contributed by atoms with Crippen LogP contribution in [0.15, 0.2) is 59.5 Å². The predicted octanol–water partition coefficient (Wildman–Crippen LogP) is 1.48. The number of fused-ring (bicyclic) bond motifs is 1. The number of rotatable bonds is 11. The van der Waals surface area contributed by atoms with Gasteiger partial charge in [0, 0.05) is 44.4 Å². The fourth-order valence-electron chi connectivity index (χ4n) is 4.57. The van der Waals surface area contributed by atoms with Crippen molar-refractivity contribution in [2.24, 2.45) is 5.73 Å². The van der Waals surface area contributed by atoms with Crippen LogP contribution >= 0.6 is 0 Å². The average Bonchev–Trinajstić information content (AvgIpc) is 3.32. The Morgan fingerprint density at radius 1 is 1.11 bits per heavy atom. The first-order chi connectivity index (χ1) is 17.4. The van der Waals surface area contributed by atoms with E-state index in [0.29, 0.717) is 12.1 Å². The molecule has 0 aromatic heterocycles. The molecule has 0 spiro atoms. The number of ether oxygens (including phenoxy) is 3. The Bertz CT molecular complexity index is 1070. The van der Waals surface area contributed by atoms with Gasteiger partial charge in [-0.1, -0.05) is 24.3 Å². The number of benzene rings is 1. The van der Waals surface area contributed by atoms with Gasteiger partial charge in [0.05, 0.1) is 20.3 Å². The van der Waals surface area contributed by atoms with Crippen molar-refractivity contribution in [2.45, 2.75) is 31.9 Å². The van der Waals surface area contributed by atoms with Crippen molar-refractivity contribution in [3.05, 3.63) is 70.6 Å². The van der Waals surface area contributed by atoms with Crippen molar-refractivity contribution in [1.82, 2.24) is 9.80 Å². The summed E-state index contributed by atoms with van der Waals surface area (Å²) in [7, 11) is 1.30. The lowest BCUT2D eigenvalue weighted by Gasteiger charge is -2.26. The molecule has 1 fully saturated rings. The van der Waals surface area contributed by atoms with Crippen molar-refractivity contribution >= 4 is 17.7 Å². The minimum absolute atomic E-state index is 0.0728. The summed E-state index contributed by atoms with van der Waals surface area (Å²) >= 11 is 0. The number of carbonyl (C=O) groups is 3. The Morgan fingerprint density at radius 2 is 1.83 bits per heavy atom. The molecule has 0 saturated carbocycles. The lowest BCUT2D eigenvalue weighted by molar-refractivity contribution is -0.141. The first-order valence-corrected chi connectivity index (χ1v) is 12.2. The fraction of sp³-hybridized carbons (Fsp3) is 0.444. The number of carbonyl (C=O) groups excluding carboxylic acids is 3. The zero-order chi connectivity index (χ0) is 25.5. The van der Waals surface area contributed by atoms with Gasteiger partial charge in [0.1, 0.15) is 12.6 Å². The SMILES string of the molecule is COC(=O)CCC(C(N)=O)N1C=C2C=CC(=O)C(OCc3ccc(CCN4CCOCC4)cc3)=C2C1. The maximum Gasteiger partial charge on any atom is 0.305 e. The summed E-state index contributed by atoms with van der Waals surface area (Å²) in [5.74, 6) is -0.882. The number of esters is 1. The topological polar surface area (TPSA) is 111 Å². The largest absolute Gasteiger partial charge is 0.484 e. The molecule has 36 heavy (non-hydrogen) atoms. The second kappa shape index (κ2) is 12.0. The van der Waals surface area contributed by atoms with Crippen LogP contribution in [0.25, 0.3) is 0 Å². The standard InChI is InChI=1S/C27H33N3O6/c1-34-25(32)9-7-23(27(28)33)30-16-21-6-8-24(31)26(22(21)17-30)36-18-20-4-2-19(3-5-20)10-11-29-12-14-35-15-13-29/h2-6,8,16,23H,7,9-15,17-18H2,1H3,(H2,28,33). The molecule has 9 nitrogen and oxygen atoms in total. The maximum atomic E-state index is 12.6. The van der Waals surface area contributed by atoms with Gasteiger partial charge in [-0.15, -0.1) is 0 Å². The highest BCUT2D eigenvalue weighted by Gasteiger charge is 2.33. The molecule has 1 aromatic carbocycles. The number of hydrogen-bond acceptors (Lipinski definition) is 8. The summed E-state index contributed by atoms with van der Waals surface area (Å²) < 4.78 is 16.1. The zero-order valence-electron chi connectivity index (χ0n) is 20.6. The maximum absolute atomic E-state index is 12.6. The quantitative estimate of drug-likeness (QED) is 0.460. The van der Waals surface area contributed by atoms with Gasteiger partial charge in [0.2, 0.25) is 11.7 Å². The molecule has 1 atom stereocenters. The van der Waals surface area contributed by atoms with Crippen molar-refractivity contribution in [1.29, 1.82) is 0 Å². The van der Waals surface area contributed by atoms with Crippen LogP contribution in [0.2, 0.25) is 0 Å². The molecule has 9 heteroatoms. The van der Waals surface area contributed by atoms with Gasteiger partial charge in [-0.05, 0) is 41.7 Å². The third-order valence-corrected chi connectivity index (χ3v) is 6.71. The van der Waals surface area contributed by atoms with E-state index >= 15 is 0 Å². The number of hydrogen-bond donors (Lipinski definition) is 1. The minimum Gasteiger partial charge on any atom is -0.484 e. The van der Waals surface area contributed by atoms with Crippen LogP contribution in [-0.4, -0.2) is 80.0 Å². The van der Waals surface area contributed by atoms with Gasteiger partial charge in [0.25, 0.3) is 0 Å². The molecule has 4 rings (SSSR count). The Morgan fingerprint density at radius 3 is 2.53 bits per heavy atom. The number of nitrogens with zero attached hydrogens (tertiary/aromatic N) is 2. The van der Waals surface area contributed by atoms with E-state index in [2.05, 4.69) is 21.8 Å². The van der Waals surface area contributed by atoms with E-state index in [-0.39, 0.29) is 31.0 Å². The van der Waals surface area contributed by atoms with E-state index in [1.54, 1.807) is 17.2 Å².